The topological polar surface area (TPSA) is 84.9 Å². The summed E-state index contributed by atoms with van der Waals surface area (Å²) in [5, 5.41) is 15.1. The Balaban J connectivity index is 1.66. The van der Waals surface area contributed by atoms with E-state index in [1.165, 1.54) is 14.0 Å². The van der Waals surface area contributed by atoms with Gasteiger partial charge in [0.15, 0.2) is 23.4 Å². The van der Waals surface area contributed by atoms with E-state index >= 15 is 0 Å². The number of anilines is 1. The van der Waals surface area contributed by atoms with E-state index in [-0.39, 0.29) is 17.2 Å². The standard InChI is InChI=1S/C29H29NO5/c1-16(28(32)33)35-23-12-10-18(13-24(23)34-4)27-26-20(14-29(2,3)15-22(26)31)25-19-8-6-5-7-17(19)9-11-21(25)30-27/h5-13,16,27,30H,14-15H2,1-4H3,(H,32,33)/t16-,27-/m1/s1. The number of carbonyl (C=O) groups is 2. The van der Waals surface area contributed by atoms with Crippen molar-refractivity contribution in [3.05, 3.63) is 71.3 Å². The molecule has 5 rings (SSSR count). The number of fused-ring (bicyclic) bond motifs is 4. The summed E-state index contributed by atoms with van der Waals surface area (Å²) >= 11 is 0. The van der Waals surface area contributed by atoms with Gasteiger partial charge in [-0.2, -0.15) is 0 Å². The molecule has 1 aliphatic heterocycles. The van der Waals surface area contributed by atoms with E-state index in [0.717, 1.165) is 45.2 Å². The molecule has 3 aromatic carbocycles. The third kappa shape index (κ3) is 4.03. The van der Waals surface area contributed by atoms with Crippen LogP contribution in [0.15, 0.2) is 60.2 Å². The number of benzene rings is 3. The van der Waals surface area contributed by atoms with Crippen LogP contribution in [0.4, 0.5) is 5.69 Å². The summed E-state index contributed by atoms with van der Waals surface area (Å²) in [7, 11) is 1.52. The van der Waals surface area contributed by atoms with Crippen molar-refractivity contribution in [2.24, 2.45) is 5.41 Å². The third-order valence-electron chi connectivity index (χ3n) is 6.91. The Hall–Kier alpha value is -3.80. The number of ether oxygens (including phenoxy) is 2. The van der Waals surface area contributed by atoms with E-state index in [2.05, 4.69) is 43.4 Å². The fraction of sp³-hybridized carbons (Fsp3) is 0.310. The lowest BCUT2D eigenvalue weighted by atomic mass is 9.68. The Morgan fingerprint density at radius 1 is 1.09 bits per heavy atom. The molecule has 2 N–H and O–H groups in total. The predicted molar refractivity (Wildman–Crippen MR) is 136 cm³/mol. The molecule has 1 aliphatic carbocycles. The zero-order chi connectivity index (χ0) is 24.9. The first-order valence-electron chi connectivity index (χ1n) is 11.8. The first-order chi connectivity index (χ1) is 16.7. The Bertz CT molecular complexity index is 1390. The maximum absolute atomic E-state index is 13.6. The minimum absolute atomic E-state index is 0.131. The van der Waals surface area contributed by atoms with Gasteiger partial charge < -0.3 is 19.9 Å². The van der Waals surface area contributed by atoms with Gasteiger partial charge in [0, 0.05) is 23.2 Å². The molecule has 0 bridgehead atoms. The van der Waals surface area contributed by atoms with Crippen molar-refractivity contribution in [3.63, 3.8) is 0 Å². The number of carboxylic acids is 1. The van der Waals surface area contributed by atoms with Crippen molar-refractivity contribution in [1.82, 2.24) is 0 Å². The molecule has 0 amide bonds. The van der Waals surface area contributed by atoms with E-state index in [0.29, 0.717) is 17.9 Å². The third-order valence-corrected chi connectivity index (χ3v) is 6.91. The van der Waals surface area contributed by atoms with Crippen molar-refractivity contribution < 1.29 is 24.2 Å². The number of nitrogens with one attached hydrogen (secondary N) is 1. The largest absolute Gasteiger partial charge is 0.493 e. The van der Waals surface area contributed by atoms with Gasteiger partial charge in [0.1, 0.15) is 0 Å². The Kier molecular flexibility index (Phi) is 5.55. The monoisotopic (exact) mass is 471 g/mol. The van der Waals surface area contributed by atoms with Gasteiger partial charge in [-0.3, -0.25) is 4.79 Å². The molecule has 2 atom stereocenters. The number of methoxy groups -OCH3 is 1. The molecular formula is C29H29NO5. The summed E-state index contributed by atoms with van der Waals surface area (Å²) < 4.78 is 11.1. The van der Waals surface area contributed by atoms with E-state index < -0.39 is 12.1 Å². The molecule has 1 heterocycles. The Morgan fingerprint density at radius 2 is 1.86 bits per heavy atom. The summed E-state index contributed by atoms with van der Waals surface area (Å²) in [4.78, 5) is 24.9. The molecule has 0 saturated carbocycles. The second-order valence-electron chi connectivity index (χ2n) is 10.1. The van der Waals surface area contributed by atoms with Gasteiger partial charge in [-0.05, 0) is 58.9 Å². The number of hydrogen-bond acceptors (Lipinski definition) is 5. The first kappa shape index (κ1) is 23.0. The summed E-state index contributed by atoms with van der Waals surface area (Å²) in [6.07, 6.45) is 0.277. The van der Waals surface area contributed by atoms with Crippen LogP contribution in [0, 0.1) is 5.41 Å². The van der Waals surface area contributed by atoms with Crippen LogP contribution in [0.2, 0.25) is 0 Å². The molecule has 0 spiro atoms. The number of rotatable bonds is 5. The van der Waals surface area contributed by atoms with Crippen LogP contribution in [0.3, 0.4) is 0 Å². The molecule has 3 aromatic rings. The van der Waals surface area contributed by atoms with Crippen LogP contribution >= 0.6 is 0 Å². The van der Waals surface area contributed by atoms with Crippen LogP contribution in [0.5, 0.6) is 11.5 Å². The van der Waals surface area contributed by atoms with Gasteiger partial charge in [-0.25, -0.2) is 4.79 Å². The number of ketones is 1. The van der Waals surface area contributed by atoms with Gasteiger partial charge in [0.25, 0.3) is 0 Å². The van der Waals surface area contributed by atoms with Gasteiger partial charge in [0.2, 0.25) is 0 Å². The van der Waals surface area contributed by atoms with Crippen LogP contribution < -0.4 is 14.8 Å². The molecule has 0 radical (unpaired) electrons. The fourth-order valence-electron chi connectivity index (χ4n) is 5.29. The van der Waals surface area contributed by atoms with E-state index in [1.807, 2.05) is 24.3 Å². The molecule has 0 fully saturated rings. The Labute approximate surface area is 204 Å². The van der Waals surface area contributed by atoms with Gasteiger partial charge >= 0.3 is 5.97 Å². The molecular weight excluding hydrogens is 442 g/mol. The molecule has 0 aromatic heterocycles. The highest BCUT2D eigenvalue weighted by atomic mass is 16.5. The van der Waals surface area contributed by atoms with Crippen LogP contribution in [0.1, 0.15) is 50.8 Å². The van der Waals surface area contributed by atoms with Crippen molar-refractivity contribution in [2.45, 2.75) is 45.8 Å². The minimum atomic E-state index is -1.06. The lowest BCUT2D eigenvalue weighted by molar-refractivity contribution is -0.144. The molecule has 35 heavy (non-hydrogen) atoms. The normalized spacial score (nSPS) is 19.4. The number of allylic oxidation sites excluding steroid dienone is 1. The predicted octanol–water partition coefficient (Wildman–Crippen LogP) is 6.01. The van der Waals surface area contributed by atoms with Crippen LogP contribution in [-0.4, -0.2) is 30.1 Å². The second kappa shape index (κ2) is 8.45. The highest BCUT2D eigenvalue weighted by Crippen LogP contribution is 2.52. The van der Waals surface area contributed by atoms with Gasteiger partial charge in [0.05, 0.1) is 13.2 Å². The van der Waals surface area contributed by atoms with Gasteiger partial charge in [-0.1, -0.05) is 50.2 Å². The smallest absolute Gasteiger partial charge is 0.344 e. The molecule has 180 valence electrons. The maximum Gasteiger partial charge on any atom is 0.344 e. The van der Waals surface area contributed by atoms with E-state index in [9.17, 15) is 14.7 Å². The Morgan fingerprint density at radius 3 is 2.60 bits per heavy atom. The van der Waals surface area contributed by atoms with Crippen molar-refractivity contribution in [1.29, 1.82) is 0 Å². The fourth-order valence-corrected chi connectivity index (χ4v) is 5.29. The lowest BCUT2D eigenvalue weighted by Gasteiger charge is -2.40. The number of hydrogen-bond donors (Lipinski definition) is 2. The molecule has 0 saturated heterocycles. The highest BCUT2D eigenvalue weighted by molar-refractivity contribution is 6.12. The maximum atomic E-state index is 13.6. The first-order valence-corrected chi connectivity index (χ1v) is 11.8. The average Bonchev–Trinajstić information content (AvgIpc) is 2.82. The number of Topliss-reactive ketones (excluding diaryl/α,β-unsaturated/α-hetero) is 1. The van der Waals surface area contributed by atoms with Crippen LogP contribution in [-0.2, 0) is 9.59 Å². The van der Waals surface area contributed by atoms with E-state index in [1.54, 1.807) is 6.07 Å². The second-order valence-corrected chi connectivity index (χ2v) is 10.1. The van der Waals surface area contributed by atoms with Crippen molar-refractivity contribution in [3.8, 4) is 11.5 Å². The van der Waals surface area contributed by atoms with Crippen molar-refractivity contribution in [2.75, 3.05) is 12.4 Å². The summed E-state index contributed by atoms with van der Waals surface area (Å²) in [6, 6.07) is 17.5. The molecule has 2 aliphatic rings. The van der Waals surface area contributed by atoms with Crippen LogP contribution in [0.25, 0.3) is 16.3 Å². The average molecular weight is 472 g/mol. The lowest BCUT2D eigenvalue weighted by Crippen LogP contribution is -2.33. The number of carbonyl (C=O) groups excluding carboxylic acids is 1. The quantitative estimate of drug-likeness (QED) is 0.474. The SMILES string of the molecule is COc1cc([C@H]2Nc3ccc4ccccc4c3C3=C2C(=O)CC(C)(C)C3)ccc1O[C@H](C)C(=O)O. The molecule has 6 heteroatoms. The summed E-state index contributed by atoms with van der Waals surface area (Å²) in [5.41, 5.74) is 4.73. The molecule has 6 nitrogen and oxygen atoms in total. The number of carboxylic acid groups (broad SMARTS) is 1. The minimum Gasteiger partial charge on any atom is -0.493 e. The van der Waals surface area contributed by atoms with E-state index in [4.69, 9.17) is 9.47 Å². The highest BCUT2D eigenvalue weighted by Gasteiger charge is 2.41. The van der Waals surface area contributed by atoms with Gasteiger partial charge in [-0.15, -0.1) is 0 Å². The zero-order valence-electron chi connectivity index (χ0n) is 20.3. The molecule has 0 unspecified atom stereocenters. The zero-order valence-corrected chi connectivity index (χ0v) is 20.3. The van der Waals surface area contributed by atoms with Crippen molar-refractivity contribution >= 4 is 33.8 Å². The number of aliphatic carboxylic acids is 1. The summed E-state index contributed by atoms with van der Waals surface area (Å²) in [6.45, 7) is 5.77. The summed E-state index contributed by atoms with van der Waals surface area (Å²) in [5.74, 6) is -0.142.